The van der Waals surface area contributed by atoms with Crippen molar-refractivity contribution in [3.05, 3.63) is 54.4 Å². The van der Waals surface area contributed by atoms with Crippen LogP contribution < -0.4 is 10.1 Å². The number of ether oxygens (including phenoxy) is 1. The van der Waals surface area contributed by atoms with Gasteiger partial charge in [0.15, 0.2) is 5.78 Å². The van der Waals surface area contributed by atoms with Crippen LogP contribution in [-0.2, 0) is 0 Å². The van der Waals surface area contributed by atoms with Gasteiger partial charge in [0, 0.05) is 22.7 Å². The lowest BCUT2D eigenvalue weighted by Gasteiger charge is -2.10. The molecule has 0 aliphatic carbocycles. The Morgan fingerprint density at radius 1 is 1.14 bits per heavy atom. The summed E-state index contributed by atoms with van der Waals surface area (Å²) in [7, 11) is 1.62. The monoisotopic (exact) mass is 293 g/mol. The third kappa shape index (κ3) is 2.74. The van der Waals surface area contributed by atoms with Gasteiger partial charge in [0.05, 0.1) is 12.6 Å². The number of ketones is 1. The number of Topliss-reactive ketones (excluding diaryl/α,β-unsaturated/α-hetero) is 1. The standard InChI is InChI=1S/C17H15N3O2/c1-11(21)12-4-3-5-13(8-12)20-17-15-7-6-14(22-2)9-16(15)18-10-19-17/h3-10H,1-2H3,(H,18,19,20). The lowest BCUT2D eigenvalue weighted by Crippen LogP contribution is -1.98. The summed E-state index contributed by atoms with van der Waals surface area (Å²) in [6, 6.07) is 13.0. The molecule has 1 heterocycles. The van der Waals surface area contributed by atoms with E-state index in [1.165, 1.54) is 6.33 Å². The zero-order valence-corrected chi connectivity index (χ0v) is 12.3. The van der Waals surface area contributed by atoms with Crippen LogP contribution in [0.25, 0.3) is 10.9 Å². The van der Waals surface area contributed by atoms with Crippen molar-refractivity contribution in [2.45, 2.75) is 6.92 Å². The fourth-order valence-electron chi connectivity index (χ4n) is 2.22. The molecular weight excluding hydrogens is 278 g/mol. The van der Waals surface area contributed by atoms with Crippen LogP contribution in [0.2, 0.25) is 0 Å². The summed E-state index contributed by atoms with van der Waals surface area (Å²) in [6.45, 7) is 1.55. The third-order valence-electron chi connectivity index (χ3n) is 3.38. The molecule has 0 fully saturated rings. The van der Waals surface area contributed by atoms with Crippen molar-refractivity contribution in [3.8, 4) is 5.75 Å². The maximum absolute atomic E-state index is 11.5. The van der Waals surface area contributed by atoms with Gasteiger partial charge >= 0.3 is 0 Å². The average molecular weight is 293 g/mol. The predicted molar refractivity (Wildman–Crippen MR) is 85.8 cm³/mol. The Labute approximate surface area is 128 Å². The van der Waals surface area contributed by atoms with E-state index in [4.69, 9.17) is 4.74 Å². The summed E-state index contributed by atoms with van der Waals surface area (Å²) in [5, 5.41) is 4.12. The second-order valence-corrected chi connectivity index (χ2v) is 4.87. The van der Waals surface area contributed by atoms with Crippen LogP contribution in [0.5, 0.6) is 5.75 Å². The fourth-order valence-corrected chi connectivity index (χ4v) is 2.22. The lowest BCUT2D eigenvalue weighted by atomic mass is 10.1. The first-order valence-electron chi connectivity index (χ1n) is 6.84. The van der Waals surface area contributed by atoms with Gasteiger partial charge in [0.2, 0.25) is 0 Å². The van der Waals surface area contributed by atoms with Gasteiger partial charge < -0.3 is 10.1 Å². The van der Waals surface area contributed by atoms with Crippen molar-refractivity contribution in [2.75, 3.05) is 12.4 Å². The van der Waals surface area contributed by atoms with Gasteiger partial charge in [-0.1, -0.05) is 12.1 Å². The lowest BCUT2D eigenvalue weighted by molar-refractivity contribution is 0.101. The molecule has 1 aromatic heterocycles. The van der Waals surface area contributed by atoms with Crippen molar-refractivity contribution in [1.29, 1.82) is 0 Å². The Hall–Kier alpha value is -2.95. The number of benzene rings is 2. The van der Waals surface area contributed by atoms with Crippen LogP contribution >= 0.6 is 0 Å². The first-order chi connectivity index (χ1) is 10.7. The first kappa shape index (κ1) is 14.0. The smallest absolute Gasteiger partial charge is 0.159 e. The molecule has 0 radical (unpaired) electrons. The number of nitrogens with zero attached hydrogens (tertiary/aromatic N) is 2. The Morgan fingerprint density at radius 2 is 2.00 bits per heavy atom. The van der Waals surface area contributed by atoms with Gasteiger partial charge in [-0.3, -0.25) is 4.79 Å². The zero-order chi connectivity index (χ0) is 15.5. The number of fused-ring (bicyclic) bond motifs is 1. The molecule has 0 aliphatic heterocycles. The summed E-state index contributed by atoms with van der Waals surface area (Å²) in [4.78, 5) is 20.0. The van der Waals surface area contributed by atoms with Gasteiger partial charge in [-0.25, -0.2) is 9.97 Å². The largest absolute Gasteiger partial charge is 0.497 e. The number of aromatic nitrogens is 2. The van der Waals surface area contributed by atoms with Crippen LogP contribution in [0.3, 0.4) is 0 Å². The highest BCUT2D eigenvalue weighted by Crippen LogP contribution is 2.26. The van der Waals surface area contributed by atoms with E-state index in [9.17, 15) is 4.79 Å². The number of carbonyl (C=O) groups excluding carboxylic acids is 1. The zero-order valence-electron chi connectivity index (χ0n) is 12.3. The minimum absolute atomic E-state index is 0.0286. The van der Waals surface area contributed by atoms with Gasteiger partial charge in [-0.2, -0.15) is 0 Å². The average Bonchev–Trinajstić information content (AvgIpc) is 2.55. The summed E-state index contributed by atoms with van der Waals surface area (Å²) in [6.07, 6.45) is 1.50. The molecule has 5 heteroatoms. The van der Waals surface area contributed by atoms with Gasteiger partial charge in [-0.05, 0) is 31.2 Å². The van der Waals surface area contributed by atoms with E-state index in [1.54, 1.807) is 26.2 Å². The molecule has 1 N–H and O–H groups in total. The molecule has 0 aliphatic rings. The van der Waals surface area contributed by atoms with Crippen molar-refractivity contribution < 1.29 is 9.53 Å². The summed E-state index contributed by atoms with van der Waals surface area (Å²) < 4.78 is 5.20. The number of rotatable bonds is 4. The molecule has 0 saturated heterocycles. The molecule has 110 valence electrons. The maximum atomic E-state index is 11.5. The molecule has 3 rings (SSSR count). The topological polar surface area (TPSA) is 64.1 Å². The van der Waals surface area contributed by atoms with Crippen molar-refractivity contribution in [1.82, 2.24) is 9.97 Å². The molecule has 0 saturated carbocycles. The van der Waals surface area contributed by atoms with Crippen LogP contribution in [0.4, 0.5) is 11.5 Å². The highest BCUT2D eigenvalue weighted by atomic mass is 16.5. The molecule has 22 heavy (non-hydrogen) atoms. The minimum Gasteiger partial charge on any atom is -0.497 e. The highest BCUT2D eigenvalue weighted by molar-refractivity contribution is 5.96. The summed E-state index contributed by atoms with van der Waals surface area (Å²) in [5.74, 6) is 1.46. The molecule has 0 amide bonds. The Balaban J connectivity index is 2.00. The van der Waals surface area contributed by atoms with Gasteiger partial charge in [0.25, 0.3) is 0 Å². The molecule has 5 nitrogen and oxygen atoms in total. The maximum Gasteiger partial charge on any atom is 0.159 e. The van der Waals surface area contributed by atoms with Gasteiger partial charge in [-0.15, -0.1) is 0 Å². The third-order valence-corrected chi connectivity index (χ3v) is 3.38. The van der Waals surface area contributed by atoms with Crippen LogP contribution in [-0.4, -0.2) is 22.9 Å². The first-order valence-corrected chi connectivity index (χ1v) is 6.84. The van der Waals surface area contributed by atoms with E-state index < -0.39 is 0 Å². The molecular formula is C17H15N3O2. The normalized spacial score (nSPS) is 10.5. The van der Waals surface area contributed by atoms with E-state index in [-0.39, 0.29) is 5.78 Å². The van der Waals surface area contributed by atoms with E-state index in [2.05, 4.69) is 15.3 Å². The number of hydrogen-bond donors (Lipinski definition) is 1. The van der Waals surface area contributed by atoms with Crippen LogP contribution in [0.1, 0.15) is 17.3 Å². The SMILES string of the molecule is COc1ccc2c(Nc3cccc(C(C)=O)c3)ncnc2c1. The van der Waals surface area contributed by atoms with Crippen molar-refractivity contribution >= 4 is 28.2 Å². The van der Waals surface area contributed by atoms with Crippen LogP contribution in [0.15, 0.2) is 48.8 Å². The molecule has 0 spiro atoms. The number of nitrogens with one attached hydrogen (secondary N) is 1. The highest BCUT2D eigenvalue weighted by Gasteiger charge is 2.06. The fraction of sp³-hybridized carbons (Fsp3) is 0.118. The molecule has 0 atom stereocenters. The summed E-state index contributed by atoms with van der Waals surface area (Å²) >= 11 is 0. The Bertz CT molecular complexity index is 846. The van der Waals surface area contributed by atoms with E-state index in [1.807, 2.05) is 30.3 Å². The summed E-state index contributed by atoms with van der Waals surface area (Å²) in [5.41, 5.74) is 2.26. The van der Waals surface area contributed by atoms with Gasteiger partial charge in [0.1, 0.15) is 17.9 Å². The van der Waals surface area contributed by atoms with E-state index in [0.717, 1.165) is 22.3 Å². The molecule has 0 unspecified atom stereocenters. The second kappa shape index (κ2) is 5.81. The number of methoxy groups -OCH3 is 1. The predicted octanol–water partition coefficient (Wildman–Crippen LogP) is 3.58. The minimum atomic E-state index is 0.0286. The van der Waals surface area contributed by atoms with Crippen molar-refractivity contribution in [2.24, 2.45) is 0 Å². The number of anilines is 2. The second-order valence-electron chi connectivity index (χ2n) is 4.87. The quantitative estimate of drug-likeness (QED) is 0.745. The molecule has 3 aromatic rings. The van der Waals surface area contributed by atoms with Crippen molar-refractivity contribution in [3.63, 3.8) is 0 Å². The van der Waals surface area contributed by atoms with E-state index >= 15 is 0 Å². The molecule has 0 bridgehead atoms. The number of hydrogen-bond acceptors (Lipinski definition) is 5. The van der Waals surface area contributed by atoms with Crippen LogP contribution in [0, 0.1) is 0 Å². The Morgan fingerprint density at radius 3 is 2.77 bits per heavy atom. The Kier molecular flexibility index (Phi) is 3.70. The van der Waals surface area contributed by atoms with E-state index in [0.29, 0.717) is 11.4 Å². The molecule has 2 aromatic carbocycles. The number of carbonyl (C=O) groups is 1.